The van der Waals surface area contributed by atoms with Crippen LogP contribution in [-0.4, -0.2) is 38.0 Å². The van der Waals surface area contributed by atoms with Gasteiger partial charge in [-0.05, 0) is 32.0 Å². The zero-order valence-corrected chi connectivity index (χ0v) is 11.8. The number of nitrogens with zero attached hydrogens (tertiary/aromatic N) is 1. The van der Waals surface area contributed by atoms with Gasteiger partial charge in [-0.1, -0.05) is 6.92 Å². The molecule has 0 bridgehead atoms. The summed E-state index contributed by atoms with van der Waals surface area (Å²) in [5.41, 5.74) is 1.32. The van der Waals surface area contributed by atoms with Gasteiger partial charge in [0, 0.05) is 31.6 Å². The highest BCUT2D eigenvalue weighted by Gasteiger charge is 2.08. The van der Waals surface area contributed by atoms with Gasteiger partial charge in [0.2, 0.25) is 0 Å². The van der Waals surface area contributed by atoms with Gasteiger partial charge in [0.05, 0.1) is 19.8 Å². The van der Waals surface area contributed by atoms with Crippen molar-refractivity contribution in [1.82, 2.24) is 9.88 Å². The van der Waals surface area contributed by atoms with Crippen molar-refractivity contribution in [3.05, 3.63) is 24.0 Å². The van der Waals surface area contributed by atoms with E-state index in [9.17, 15) is 0 Å². The Morgan fingerprint density at radius 2 is 2.17 bits per heavy atom. The van der Waals surface area contributed by atoms with Crippen LogP contribution in [0.25, 0.3) is 0 Å². The number of hydrogen-bond acceptors (Lipinski definition) is 3. The molecule has 0 saturated heterocycles. The van der Waals surface area contributed by atoms with E-state index in [0.29, 0.717) is 19.3 Å². The van der Waals surface area contributed by atoms with Crippen molar-refractivity contribution in [1.29, 1.82) is 0 Å². The fourth-order valence-electron chi connectivity index (χ4n) is 1.90. The van der Waals surface area contributed by atoms with Crippen LogP contribution >= 0.6 is 0 Å². The second-order valence-electron chi connectivity index (χ2n) is 4.41. The predicted octanol–water partition coefficient (Wildman–Crippen LogP) is 2.21. The molecule has 104 valence electrons. The van der Waals surface area contributed by atoms with Crippen LogP contribution in [0.15, 0.2) is 18.3 Å². The maximum absolute atomic E-state index is 5.50. The third-order valence-electron chi connectivity index (χ3n) is 2.92. The van der Waals surface area contributed by atoms with Gasteiger partial charge in [-0.2, -0.15) is 0 Å². The van der Waals surface area contributed by atoms with Crippen LogP contribution < -0.4 is 5.32 Å². The lowest BCUT2D eigenvalue weighted by atomic mass is 10.2. The summed E-state index contributed by atoms with van der Waals surface area (Å²) in [6.07, 6.45) is 3.27. The first-order chi connectivity index (χ1) is 8.79. The summed E-state index contributed by atoms with van der Waals surface area (Å²) in [5.74, 6) is 0. The Balaban J connectivity index is 2.34. The Morgan fingerprint density at radius 3 is 2.89 bits per heavy atom. The third kappa shape index (κ3) is 5.21. The monoisotopic (exact) mass is 254 g/mol. The molecule has 1 aromatic heterocycles. The quantitative estimate of drug-likeness (QED) is 0.650. The van der Waals surface area contributed by atoms with Crippen LogP contribution in [0, 0.1) is 0 Å². The molecular formula is C14H26N2O2. The van der Waals surface area contributed by atoms with E-state index < -0.39 is 0 Å². The van der Waals surface area contributed by atoms with Crippen molar-refractivity contribution in [2.45, 2.75) is 32.9 Å². The van der Waals surface area contributed by atoms with Gasteiger partial charge in [0.15, 0.2) is 0 Å². The van der Waals surface area contributed by atoms with E-state index >= 15 is 0 Å². The second-order valence-corrected chi connectivity index (χ2v) is 4.41. The van der Waals surface area contributed by atoms with Gasteiger partial charge in [-0.25, -0.2) is 0 Å². The lowest BCUT2D eigenvalue weighted by molar-refractivity contribution is 0.0662. The first-order valence-electron chi connectivity index (χ1n) is 6.74. The van der Waals surface area contributed by atoms with Gasteiger partial charge >= 0.3 is 0 Å². The molecule has 0 saturated carbocycles. The maximum atomic E-state index is 5.50. The average molecular weight is 254 g/mol. The molecule has 1 heterocycles. The zero-order valence-electron chi connectivity index (χ0n) is 11.8. The van der Waals surface area contributed by atoms with Crippen LogP contribution in [0.3, 0.4) is 0 Å². The molecule has 0 amide bonds. The van der Waals surface area contributed by atoms with Gasteiger partial charge in [-0.15, -0.1) is 0 Å². The summed E-state index contributed by atoms with van der Waals surface area (Å²) in [7, 11) is 1.69. The molecule has 1 aromatic rings. The van der Waals surface area contributed by atoms with Gasteiger partial charge in [0.25, 0.3) is 0 Å². The normalized spacial score (nSPS) is 12.8. The van der Waals surface area contributed by atoms with Gasteiger partial charge in [-0.3, -0.25) is 0 Å². The van der Waals surface area contributed by atoms with Gasteiger partial charge < -0.3 is 19.4 Å². The summed E-state index contributed by atoms with van der Waals surface area (Å²) < 4.78 is 12.7. The highest BCUT2D eigenvalue weighted by molar-refractivity contribution is 5.11. The molecule has 0 aromatic carbocycles. The van der Waals surface area contributed by atoms with E-state index in [-0.39, 0.29) is 0 Å². The molecule has 18 heavy (non-hydrogen) atoms. The minimum atomic E-state index is 0.388. The molecule has 4 heteroatoms. The van der Waals surface area contributed by atoms with Crippen LogP contribution in [0.5, 0.6) is 0 Å². The number of ether oxygens (including phenoxy) is 2. The van der Waals surface area contributed by atoms with Crippen LogP contribution in [-0.2, 0) is 16.0 Å². The zero-order chi connectivity index (χ0) is 13.2. The number of methoxy groups -OCH3 is 1. The van der Waals surface area contributed by atoms with Crippen LogP contribution in [0.4, 0.5) is 0 Å². The van der Waals surface area contributed by atoms with Crippen molar-refractivity contribution < 1.29 is 9.47 Å². The Labute approximate surface area is 110 Å². The average Bonchev–Trinajstić information content (AvgIpc) is 2.84. The molecule has 0 radical (unpaired) electrons. The minimum absolute atomic E-state index is 0.388. The van der Waals surface area contributed by atoms with Crippen LogP contribution in [0.2, 0.25) is 0 Å². The smallest absolute Gasteiger partial charge is 0.0701 e. The van der Waals surface area contributed by atoms with E-state index in [1.165, 1.54) is 5.69 Å². The number of nitrogens with one attached hydrogen (secondary N) is 1. The Bertz CT molecular complexity index is 312. The fraction of sp³-hybridized carbons (Fsp3) is 0.714. The van der Waals surface area contributed by atoms with E-state index in [4.69, 9.17) is 9.47 Å². The topological polar surface area (TPSA) is 35.4 Å². The highest BCUT2D eigenvalue weighted by Crippen LogP contribution is 2.13. The summed E-state index contributed by atoms with van der Waals surface area (Å²) >= 11 is 0. The molecule has 4 nitrogen and oxygen atoms in total. The third-order valence-corrected chi connectivity index (χ3v) is 2.92. The summed E-state index contributed by atoms with van der Waals surface area (Å²) in [4.78, 5) is 0. The Morgan fingerprint density at radius 1 is 1.33 bits per heavy atom. The molecule has 0 fully saturated rings. The SMILES string of the molecule is CCCNC(C)c1cccn1CCOCCOC. The maximum Gasteiger partial charge on any atom is 0.0701 e. The van der Waals surface area contributed by atoms with E-state index in [0.717, 1.165) is 26.1 Å². The fourth-order valence-corrected chi connectivity index (χ4v) is 1.90. The molecule has 0 aliphatic rings. The number of aromatic nitrogens is 1. The molecule has 0 aliphatic heterocycles. The Hall–Kier alpha value is -0.840. The van der Waals surface area contributed by atoms with Gasteiger partial charge in [0.1, 0.15) is 0 Å². The number of hydrogen-bond donors (Lipinski definition) is 1. The lowest BCUT2D eigenvalue weighted by Crippen LogP contribution is -2.22. The molecule has 1 N–H and O–H groups in total. The standard InChI is InChI=1S/C14H26N2O2/c1-4-7-15-13(2)14-6-5-8-16(14)9-10-18-12-11-17-3/h5-6,8,13,15H,4,7,9-12H2,1-3H3. The first-order valence-corrected chi connectivity index (χ1v) is 6.74. The summed E-state index contributed by atoms with van der Waals surface area (Å²) in [6.45, 7) is 8.38. The van der Waals surface area contributed by atoms with E-state index in [1.54, 1.807) is 7.11 Å². The lowest BCUT2D eigenvalue weighted by Gasteiger charge is -2.17. The molecule has 1 unspecified atom stereocenters. The molecule has 1 rings (SSSR count). The minimum Gasteiger partial charge on any atom is -0.382 e. The van der Waals surface area contributed by atoms with E-state index in [2.05, 4.69) is 42.1 Å². The molecule has 0 spiro atoms. The van der Waals surface area contributed by atoms with Crippen molar-refractivity contribution in [3.63, 3.8) is 0 Å². The highest BCUT2D eigenvalue weighted by atomic mass is 16.5. The van der Waals surface area contributed by atoms with Crippen molar-refractivity contribution in [2.24, 2.45) is 0 Å². The summed E-state index contributed by atoms with van der Waals surface area (Å²) in [5, 5.41) is 3.50. The first kappa shape index (κ1) is 15.2. The molecule has 1 atom stereocenters. The van der Waals surface area contributed by atoms with E-state index in [1.807, 2.05) is 0 Å². The largest absolute Gasteiger partial charge is 0.382 e. The predicted molar refractivity (Wildman–Crippen MR) is 73.8 cm³/mol. The molecule has 0 aliphatic carbocycles. The molecular weight excluding hydrogens is 228 g/mol. The number of rotatable bonds is 10. The Kier molecular flexibility index (Phi) is 7.73. The van der Waals surface area contributed by atoms with Crippen molar-refractivity contribution >= 4 is 0 Å². The summed E-state index contributed by atoms with van der Waals surface area (Å²) in [6, 6.07) is 4.65. The van der Waals surface area contributed by atoms with Crippen LogP contribution in [0.1, 0.15) is 32.0 Å². The second kappa shape index (κ2) is 9.14. The van der Waals surface area contributed by atoms with Crippen molar-refractivity contribution in [3.8, 4) is 0 Å². The van der Waals surface area contributed by atoms with Crippen molar-refractivity contribution in [2.75, 3.05) is 33.5 Å².